The van der Waals surface area contributed by atoms with Gasteiger partial charge in [-0.05, 0) is 69.5 Å². The summed E-state index contributed by atoms with van der Waals surface area (Å²) in [5.41, 5.74) is 3.22. The predicted molar refractivity (Wildman–Crippen MR) is 135 cm³/mol. The molecule has 0 saturated heterocycles. The molecule has 182 valence electrons. The van der Waals surface area contributed by atoms with E-state index in [1.54, 1.807) is 17.7 Å². The zero-order chi connectivity index (χ0) is 25.0. The quantitative estimate of drug-likeness (QED) is 0.474. The maximum absolute atomic E-state index is 13.0. The number of aromatic nitrogens is 3. The number of aromatic hydroxyl groups is 1. The molecule has 1 amide bonds. The molecule has 34 heavy (non-hydrogen) atoms. The summed E-state index contributed by atoms with van der Waals surface area (Å²) < 4.78 is 7.16. The minimum absolute atomic E-state index is 0.00507. The van der Waals surface area contributed by atoms with E-state index in [1.165, 1.54) is 0 Å². The lowest BCUT2D eigenvalue weighted by Crippen LogP contribution is -2.32. The highest BCUT2D eigenvalue weighted by Gasteiger charge is 2.25. The van der Waals surface area contributed by atoms with Crippen LogP contribution in [0.2, 0.25) is 0 Å². The van der Waals surface area contributed by atoms with Gasteiger partial charge in [-0.3, -0.25) is 9.36 Å². The zero-order valence-electron chi connectivity index (χ0n) is 21.1. The van der Waals surface area contributed by atoms with Crippen LogP contribution >= 0.6 is 0 Å². The topological polar surface area (TPSA) is 92.5 Å². The minimum atomic E-state index is -0.335. The number of hydrogen-bond acceptors (Lipinski definition) is 6. The summed E-state index contributed by atoms with van der Waals surface area (Å²) in [6.07, 6.45) is 0. The lowest BCUT2D eigenvalue weighted by Gasteiger charge is -2.21. The van der Waals surface area contributed by atoms with Gasteiger partial charge >= 0.3 is 0 Å². The fourth-order valence-electron chi connectivity index (χ4n) is 3.97. The molecule has 0 atom stereocenters. The Bertz CT molecular complexity index is 1130. The molecule has 0 bridgehead atoms. The fourth-order valence-corrected chi connectivity index (χ4v) is 3.97. The largest absolute Gasteiger partial charge is 0.507 e. The summed E-state index contributed by atoms with van der Waals surface area (Å²) in [4.78, 5) is 15.2. The van der Waals surface area contributed by atoms with Gasteiger partial charge in [-0.1, -0.05) is 13.8 Å². The van der Waals surface area contributed by atoms with Gasteiger partial charge in [0.2, 0.25) is 5.82 Å². The molecule has 1 heterocycles. The van der Waals surface area contributed by atoms with Gasteiger partial charge in [0.25, 0.3) is 5.91 Å². The number of hydrogen-bond donors (Lipinski definition) is 2. The molecule has 1 aromatic heterocycles. The van der Waals surface area contributed by atoms with E-state index in [-0.39, 0.29) is 29.4 Å². The third-order valence-electron chi connectivity index (χ3n) is 5.73. The molecule has 2 aromatic carbocycles. The van der Waals surface area contributed by atoms with Gasteiger partial charge in [0.05, 0.1) is 12.7 Å². The summed E-state index contributed by atoms with van der Waals surface area (Å²) in [7, 11) is 1.58. The molecule has 0 radical (unpaired) electrons. The van der Waals surface area contributed by atoms with Crippen molar-refractivity contribution < 1.29 is 14.6 Å². The Morgan fingerprint density at radius 1 is 1.09 bits per heavy atom. The van der Waals surface area contributed by atoms with Crippen molar-refractivity contribution in [2.75, 3.05) is 25.1 Å². The number of rotatable bonds is 9. The van der Waals surface area contributed by atoms with E-state index in [0.29, 0.717) is 17.1 Å². The van der Waals surface area contributed by atoms with Gasteiger partial charge in [0.15, 0.2) is 5.82 Å². The van der Waals surface area contributed by atoms with Gasteiger partial charge < -0.3 is 20.1 Å². The molecule has 0 unspecified atom stereocenters. The van der Waals surface area contributed by atoms with Crippen molar-refractivity contribution in [1.82, 2.24) is 20.1 Å². The van der Waals surface area contributed by atoms with Gasteiger partial charge in [0.1, 0.15) is 11.5 Å². The first-order chi connectivity index (χ1) is 16.2. The third-order valence-corrected chi connectivity index (χ3v) is 5.73. The summed E-state index contributed by atoms with van der Waals surface area (Å²) in [6.45, 7) is 13.9. The molecule has 2 N–H and O–H groups in total. The number of phenols is 1. The van der Waals surface area contributed by atoms with Crippen LogP contribution in [0.1, 0.15) is 63.6 Å². The molecule has 0 aliphatic rings. The number of benzene rings is 2. The van der Waals surface area contributed by atoms with Crippen molar-refractivity contribution in [2.45, 2.75) is 53.5 Å². The van der Waals surface area contributed by atoms with Crippen molar-refractivity contribution in [2.24, 2.45) is 0 Å². The first-order valence-corrected chi connectivity index (χ1v) is 11.7. The molecule has 0 aliphatic heterocycles. The van der Waals surface area contributed by atoms with E-state index < -0.39 is 0 Å². The van der Waals surface area contributed by atoms with E-state index in [9.17, 15) is 9.90 Å². The van der Waals surface area contributed by atoms with Crippen molar-refractivity contribution in [3.63, 3.8) is 0 Å². The van der Waals surface area contributed by atoms with Crippen molar-refractivity contribution in [1.29, 1.82) is 0 Å². The average Bonchev–Trinajstić information content (AvgIpc) is 3.24. The number of methoxy groups -OCH3 is 1. The highest BCUT2D eigenvalue weighted by Crippen LogP contribution is 2.38. The number of carbonyl (C=O) groups excluding carboxylic acids is 1. The second-order valence-electron chi connectivity index (χ2n) is 8.77. The number of carbonyl (C=O) groups is 1. The number of nitrogens with zero attached hydrogens (tertiary/aromatic N) is 4. The Labute approximate surface area is 201 Å². The summed E-state index contributed by atoms with van der Waals surface area (Å²) in [6, 6.07) is 11.3. The van der Waals surface area contributed by atoms with Gasteiger partial charge in [-0.15, -0.1) is 10.2 Å². The number of amides is 1. The molecular formula is C26H35N5O3. The molecule has 3 rings (SSSR count). The summed E-state index contributed by atoms with van der Waals surface area (Å²) in [5, 5.41) is 22.3. The Hall–Kier alpha value is -3.55. The average molecular weight is 466 g/mol. The van der Waals surface area contributed by atoms with Crippen LogP contribution in [0.5, 0.6) is 11.5 Å². The lowest BCUT2D eigenvalue weighted by atomic mass is 9.98. The monoisotopic (exact) mass is 465 g/mol. The van der Waals surface area contributed by atoms with E-state index in [1.807, 2.05) is 44.2 Å². The van der Waals surface area contributed by atoms with Crippen LogP contribution in [0.4, 0.5) is 5.69 Å². The van der Waals surface area contributed by atoms with E-state index >= 15 is 0 Å². The van der Waals surface area contributed by atoms with Crippen molar-refractivity contribution in [3.05, 3.63) is 47.8 Å². The normalized spacial score (nSPS) is 11.2. The maximum atomic E-state index is 13.0. The number of nitrogens with one attached hydrogen (secondary N) is 1. The maximum Gasteiger partial charge on any atom is 0.289 e. The van der Waals surface area contributed by atoms with Gasteiger partial charge in [-0.25, -0.2) is 0 Å². The van der Waals surface area contributed by atoms with E-state index in [0.717, 1.165) is 30.0 Å². The molecule has 0 fully saturated rings. The standard InChI is InChI=1S/C26H35N5O3/c1-8-30(9-2)18-10-12-19(13-11-18)31-24(28-29-25(31)26(33)27-17(5)6)21-14-20(16(3)4)23(34-7)15-22(21)32/h10-17,32H,8-9H2,1-7H3,(H,27,33). The summed E-state index contributed by atoms with van der Waals surface area (Å²) >= 11 is 0. The van der Waals surface area contributed by atoms with Crippen molar-refractivity contribution >= 4 is 11.6 Å². The SMILES string of the molecule is CCN(CC)c1ccc(-n2c(C(=O)NC(C)C)nnc2-c2cc(C(C)C)c(OC)cc2O)cc1. The van der Waals surface area contributed by atoms with Crippen LogP contribution in [0.25, 0.3) is 17.1 Å². The Balaban J connectivity index is 2.22. The fraction of sp³-hybridized carbons (Fsp3) is 0.423. The molecule has 0 spiro atoms. The van der Waals surface area contributed by atoms with Crippen LogP contribution in [-0.2, 0) is 0 Å². The highest BCUT2D eigenvalue weighted by molar-refractivity contribution is 5.92. The molecule has 0 aliphatic carbocycles. The number of phenolic OH excluding ortho intramolecular Hbond substituents is 1. The Kier molecular flexibility index (Phi) is 7.81. The third kappa shape index (κ3) is 5.00. The second kappa shape index (κ2) is 10.6. The van der Waals surface area contributed by atoms with Crippen LogP contribution in [-0.4, -0.2) is 52.0 Å². The van der Waals surface area contributed by atoms with Gasteiger partial charge in [-0.2, -0.15) is 0 Å². The molecule has 0 saturated carbocycles. The second-order valence-corrected chi connectivity index (χ2v) is 8.77. The first-order valence-electron chi connectivity index (χ1n) is 11.7. The van der Waals surface area contributed by atoms with E-state index in [2.05, 4.69) is 48.1 Å². The van der Waals surface area contributed by atoms with Crippen LogP contribution < -0.4 is 15.0 Å². The van der Waals surface area contributed by atoms with Crippen molar-refractivity contribution in [3.8, 4) is 28.6 Å². The first kappa shape index (κ1) is 25.1. The zero-order valence-corrected chi connectivity index (χ0v) is 21.1. The summed E-state index contributed by atoms with van der Waals surface area (Å²) in [5.74, 6) is 0.961. The molecule has 8 nitrogen and oxygen atoms in total. The predicted octanol–water partition coefficient (Wildman–Crippen LogP) is 4.76. The van der Waals surface area contributed by atoms with Gasteiger partial charge in [0, 0.05) is 36.6 Å². The molecule has 3 aromatic rings. The van der Waals surface area contributed by atoms with Crippen LogP contribution in [0, 0.1) is 0 Å². The highest BCUT2D eigenvalue weighted by atomic mass is 16.5. The minimum Gasteiger partial charge on any atom is -0.507 e. The van der Waals surface area contributed by atoms with Crippen LogP contribution in [0.15, 0.2) is 36.4 Å². The number of ether oxygens (including phenoxy) is 1. The Morgan fingerprint density at radius 3 is 2.26 bits per heavy atom. The smallest absolute Gasteiger partial charge is 0.289 e. The van der Waals surface area contributed by atoms with E-state index in [4.69, 9.17) is 4.74 Å². The lowest BCUT2D eigenvalue weighted by molar-refractivity contribution is 0.0930. The number of anilines is 1. The Morgan fingerprint density at radius 2 is 1.74 bits per heavy atom. The van der Waals surface area contributed by atoms with Crippen LogP contribution in [0.3, 0.4) is 0 Å². The molecular weight excluding hydrogens is 430 g/mol. The molecule has 8 heteroatoms.